The lowest BCUT2D eigenvalue weighted by molar-refractivity contribution is -0.286. The molecule has 2 aromatic carbocycles. The predicted octanol–water partition coefficient (Wildman–Crippen LogP) is 10.5. The minimum absolute atomic E-state index is 0.0440. The molecule has 0 saturated carbocycles. The summed E-state index contributed by atoms with van der Waals surface area (Å²) in [5, 5.41) is 15.6. The zero-order valence-corrected chi connectivity index (χ0v) is 36.8. The molecule has 12 nitrogen and oxygen atoms in total. The van der Waals surface area contributed by atoms with Gasteiger partial charge in [-0.15, -0.1) is 20.1 Å². The minimum Gasteiger partial charge on any atom is -0.493 e. The van der Waals surface area contributed by atoms with Crippen LogP contribution in [0, 0.1) is 5.82 Å². The van der Waals surface area contributed by atoms with Crippen molar-refractivity contribution in [2.24, 2.45) is 0 Å². The molecule has 6 aromatic heterocycles. The standard InChI is InChI=1S/C49H47F3N8O4S/c1-29(58-14-4-3-5-15-58)43-10-11-44(65-43)32-21-36-38(26-54-47(36)53-24-32)35-7-8-40(45(50)46(35)62-2)59-28-39(30-6-9-41-42(22-30)64-49(51,52)63-41)37-20-31(23-55-48(37)59)33-25-56-60(27-33)34-12-16-57(17-13-34)18-19-61/h6-11,20-29,34,61H,3-5,12-19H2,1-2H3,(H,53,54). The van der Waals surface area contributed by atoms with Crippen LogP contribution in [-0.2, 0) is 0 Å². The zero-order chi connectivity index (χ0) is 44.4. The normalized spacial score (nSPS) is 17.4. The van der Waals surface area contributed by atoms with Crippen molar-refractivity contribution in [3.8, 4) is 66.8 Å². The number of H-pyrrole nitrogens is 1. The van der Waals surface area contributed by atoms with Crippen LogP contribution in [0.2, 0.25) is 0 Å². The third kappa shape index (κ3) is 7.61. The molecule has 1 unspecified atom stereocenters. The summed E-state index contributed by atoms with van der Waals surface area (Å²) in [6.07, 6.45) is 12.8. The summed E-state index contributed by atoms with van der Waals surface area (Å²) >= 11 is 1.78. The third-order valence-corrected chi connectivity index (χ3v) is 14.6. The van der Waals surface area contributed by atoms with Gasteiger partial charge in [-0.25, -0.2) is 14.4 Å². The first-order valence-corrected chi connectivity index (χ1v) is 22.9. The summed E-state index contributed by atoms with van der Waals surface area (Å²) in [6, 6.07) is 17.1. The fourth-order valence-electron chi connectivity index (χ4n) is 9.75. The van der Waals surface area contributed by atoms with Crippen LogP contribution >= 0.6 is 11.3 Å². The molecule has 16 heteroatoms. The number of hydrogen-bond acceptors (Lipinski definition) is 10. The molecule has 0 spiro atoms. The van der Waals surface area contributed by atoms with E-state index in [1.165, 1.54) is 43.4 Å². The van der Waals surface area contributed by atoms with Gasteiger partial charge in [0.15, 0.2) is 23.1 Å². The van der Waals surface area contributed by atoms with Gasteiger partial charge in [0, 0.05) is 111 Å². The maximum Gasteiger partial charge on any atom is 0.586 e. The number of β-amino-alcohol motifs (C(OH)–C–C–N with tert-alkyl or cyclic N) is 1. The molecule has 2 N–H and O–H groups in total. The Labute approximate surface area is 376 Å². The van der Waals surface area contributed by atoms with Crippen molar-refractivity contribution in [2.45, 2.75) is 57.4 Å². The second-order valence-electron chi connectivity index (χ2n) is 17.1. The fourth-order valence-corrected chi connectivity index (χ4v) is 10.8. The topological polar surface area (TPSA) is 119 Å². The smallest absolute Gasteiger partial charge is 0.493 e. The van der Waals surface area contributed by atoms with Crippen molar-refractivity contribution in [1.29, 1.82) is 0 Å². The van der Waals surface area contributed by atoms with E-state index < -0.39 is 12.1 Å². The van der Waals surface area contributed by atoms with E-state index in [1.54, 1.807) is 40.4 Å². The number of aromatic amines is 1. The van der Waals surface area contributed by atoms with Crippen molar-refractivity contribution in [1.82, 2.24) is 39.1 Å². The number of methoxy groups -OCH3 is 1. The fraction of sp³-hybridized carbons (Fsp3) is 0.327. The Morgan fingerprint density at radius 2 is 1.65 bits per heavy atom. The molecular weight excluding hydrogens is 854 g/mol. The van der Waals surface area contributed by atoms with Crippen molar-refractivity contribution in [3.63, 3.8) is 0 Å². The number of aliphatic hydroxyl groups excluding tert-OH is 1. The zero-order valence-electron chi connectivity index (χ0n) is 35.9. The van der Waals surface area contributed by atoms with E-state index in [0.29, 0.717) is 46.0 Å². The Hall–Kier alpha value is -6.20. The van der Waals surface area contributed by atoms with Gasteiger partial charge in [-0.3, -0.25) is 14.1 Å². The number of fused-ring (bicyclic) bond motifs is 3. The maximum atomic E-state index is 17.2. The van der Waals surface area contributed by atoms with Crippen LogP contribution in [0.25, 0.3) is 71.6 Å². The van der Waals surface area contributed by atoms with Gasteiger partial charge in [-0.05, 0) is 99.8 Å². The van der Waals surface area contributed by atoms with E-state index >= 15 is 4.39 Å². The average molecular weight is 901 g/mol. The Kier molecular flexibility index (Phi) is 10.6. The molecule has 8 aromatic rings. The van der Waals surface area contributed by atoms with Crippen LogP contribution in [0.3, 0.4) is 0 Å². The van der Waals surface area contributed by atoms with Gasteiger partial charge in [-0.2, -0.15) is 5.10 Å². The second kappa shape index (κ2) is 16.7. The highest BCUT2D eigenvalue weighted by Crippen LogP contribution is 2.46. The van der Waals surface area contributed by atoms with Gasteiger partial charge in [0.2, 0.25) is 0 Å². The summed E-state index contributed by atoms with van der Waals surface area (Å²) in [6.45, 7) is 7.08. The highest BCUT2D eigenvalue weighted by atomic mass is 32.1. The summed E-state index contributed by atoms with van der Waals surface area (Å²) in [5.74, 6) is -0.750. The predicted molar refractivity (Wildman–Crippen MR) is 244 cm³/mol. The quantitative estimate of drug-likeness (QED) is 0.131. The number of hydrogen-bond donors (Lipinski definition) is 2. The van der Waals surface area contributed by atoms with Gasteiger partial charge in [0.05, 0.1) is 31.6 Å². The number of nitrogens with zero attached hydrogens (tertiary/aromatic N) is 7. The summed E-state index contributed by atoms with van der Waals surface area (Å²) in [4.78, 5) is 20.2. The molecular formula is C49H47F3N8O4S. The Bertz CT molecular complexity index is 3060. The number of aliphatic hydroxyl groups is 1. The lowest BCUT2D eigenvalue weighted by Crippen LogP contribution is -2.36. The number of likely N-dealkylation sites (tertiary alicyclic amines) is 2. The van der Waals surface area contributed by atoms with Gasteiger partial charge >= 0.3 is 6.29 Å². The molecule has 3 aliphatic heterocycles. The molecule has 334 valence electrons. The van der Waals surface area contributed by atoms with Crippen LogP contribution in [0.4, 0.5) is 13.2 Å². The van der Waals surface area contributed by atoms with E-state index in [2.05, 4.69) is 39.9 Å². The van der Waals surface area contributed by atoms with E-state index in [9.17, 15) is 13.9 Å². The Morgan fingerprint density at radius 1 is 0.846 bits per heavy atom. The van der Waals surface area contributed by atoms with Crippen LogP contribution in [0.5, 0.6) is 17.2 Å². The van der Waals surface area contributed by atoms with Crippen LogP contribution in [0.15, 0.2) is 91.8 Å². The highest BCUT2D eigenvalue weighted by molar-refractivity contribution is 7.15. The number of pyridine rings is 2. The molecule has 9 heterocycles. The van der Waals surface area contributed by atoms with Crippen molar-refractivity contribution < 1.29 is 32.5 Å². The van der Waals surface area contributed by atoms with E-state index in [0.717, 1.165) is 71.5 Å². The van der Waals surface area contributed by atoms with E-state index in [-0.39, 0.29) is 35.6 Å². The number of rotatable bonds is 11. The van der Waals surface area contributed by atoms with Crippen LogP contribution < -0.4 is 14.2 Å². The molecule has 11 rings (SSSR count). The molecule has 3 aliphatic rings. The number of alkyl halides is 2. The molecule has 0 aliphatic carbocycles. The van der Waals surface area contributed by atoms with Gasteiger partial charge in [-0.1, -0.05) is 12.5 Å². The SMILES string of the molecule is COc1c(-c2c[nH]c3ncc(-c4ccc(C(C)N5CCCCC5)s4)cc23)ccc(-n2cc(-c3ccc4c(c3)OC(F)(F)O4)c3cc(-c4cnn(C5CCN(CCO)CC5)c4)cnc32)c1F. The summed E-state index contributed by atoms with van der Waals surface area (Å²) in [5.41, 5.74) is 6.34. The number of piperidine rings is 2. The van der Waals surface area contributed by atoms with Gasteiger partial charge < -0.3 is 29.2 Å². The summed E-state index contributed by atoms with van der Waals surface area (Å²) in [7, 11) is 1.45. The van der Waals surface area contributed by atoms with Crippen LogP contribution in [-0.4, -0.2) is 96.9 Å². The monoisotopic (exact) mass is 900 g/mol. The van der Waals surface area contributed by atoms with E-state index in [1.807, 2.05) is 41.6 Å². The molecule has 2 fully saturated rings. The summed E-state index contributed by atoms with van der Waals surface area (Å²) < 4.78 is 64.6. The Morgan fingerprint density at radius 3 is 2.46 bits per heavy atom. The van der Waals surface area contributed by atoms with Gasteiger partial charge in [0.25, 0.3) is 0 Å². The largest absolute Gasteiger partial charge is 0.586 e. The van der Waals surface area contributed by atoms with Crippen molar-refractivity contribution in [3.05, 3.63) is 102 Å². The van der Waals surface area contributed by atoms with Crippen molar-refractivity contribution >= 4 is 33.4 Å². The Balaban J connectivity index is 0.960. The molecule has 2 saturated heterocycles. The minimum atomic E-state index is -3.79. The lowest BCUT2D eigenvalue weighted by Gasteiger charge is -2.31. The highest BCUT2D eigenvalue weighted by Gasteiger charge is 2.43. The van der Waals surface area contributed by atoms with Crippen molar-refractivity contribution in [2.75, 3.05) is 46.4 Å². The van der Waals surface area contributed by atoms with E-state index in [4.69, 9.17) is 29.3 Å². The lowest BCUT2D eigenvalue weighted by atomic mass is 10.0. The number of benzene rings is 2. The molecule has 0 radical (unpaired) electrons. The molecule has 0 amide bonds. The molecule has 65 heavy (non-hydrogen) atoms. The average Bonchev–Trinajstić information content (AvgIpc) is 4.18. The second-order valence-corrected chi connectivity index (χ2v) is 18.2. The maximum absolute atomic E-state index is 17.2. The first kappa shape index (κ1) is 41.5. The first-order chi connectivity index (χ1) is 31.6. The molecule has 1 atom stereocenters. The van der Waals surface area contributed by atoms with Gasteiger partial charge in [0.1, 0.15) is 11.3 Å². The number of halogens is 3. The van der Waals surface area contributed by atoms with Crippen LogP contribution in [0.1, 0.15) is 56.0 Å². The number of thiophene rings is 1. The number of ether oxygens (including phenoxy) is 3. The number of aromatic nitrogens is 6. The first-order valence-electron chi connectivity index (χ1n) is 22.1. The third-order valence-electron chi connectivity index (χ3n) is 13.3. The molecule has 0 bridgehead atoms. The number of nitrogens with one attached hydrogen (secondary N) is 1.